The van der Waals surface area contributed by atoms with Crippen LogP contribution < -0.4 is 5.32 Å². The lowest BCUT2D eigenvalue weighted by Gasteiger charge is -2.20. The van der Waals surface area contributed by atoms with Crippen molar-refractivity contribution in [3.05, 3.63) is 28.5 Å². The molecule has 0 radical (unpaired) electrons. The molecule has 0 aromatic carbocycles. The minimum atomic E-state index is -0.150. The van der Waals surface area contributed by atoms with Crippen LogP contribution in [0.3, 0.4) is 0 Å². The van der Waals surface area contributed by atoms with E-state index in [-0.39, 0.29) is 11.9 Å². The van der Waals surface area contributed by atoms with Gasteiger partial charge in [0.2, 0.25) is 0 Å². The van der Waals surface area contributed by atoms with E-state index in [0.717, 1.165) is 12.1 Å². The first kappa shape index (κ1) is 14.0. The van der Waals surface area contributed by atoms with E-state index in [2.05, 4.69) is 31.1 Å². The Hall–Kier alpha value is -1.09. The fourth-order valence-corrected chi connectivity index (χ4v) is 1.97. The summed E-state index contributed by atoms with van der Waals surface area (Å²) in [6.07, 6.45) is 2.43. The van der Waals surface area contributed by atoms with Crippen LogP contribution in [0.2, 0.25) is 5.02 Å². The minimum Gasteiger partial charge on any atom is -0.349 e. The summed E-state index contributed by atoms with van der Waals surface area (Å²) in [5.41, 5.74) is 1.25. The standard InChI is InChI=1S/C13H19ClN2O/c1-5-12(8(2)3)16-13(17)10-7-15-9(4)6-11(10)14/h6-8,12H,5H2,1-4H3,(H,16,17). The lowest BCUT2D eigenvalue weighted by Crippen LogP contribution is -2.38. The molecule has 17 heavy (non-hydrogen) atoms. The Morgan fingerprint density at radius 2 is 2.18 bits per heavy atom. The number of hydrogen-bond donors (Lipinski definition) is 1. The second-order valence-corrected chi connectivity index (χ2v) is 4.94. The van der Waals surface area contributed by atoms with Crippen molar-refractivity contribution in [3.8, 4) is 0 Å². The number of amides is 1. The molecule has 0 spiro atoms. The van der Waals surface area contributed by atoms with Gasteiger partial charge >= 0.3 is 0 Å². The molecule has 1 amide bonds. The third-order valence-electron chi connectivity index (χ3n) is 2.80. The third kappa shape index (κ3) is 3.70. The number of aromatic nitrogens is 1. The van der Waals surface area contributed by atoms with E-state index in [1.54, 1.807) is 6.07 Å². The lowest BCUT2D eigenvalue weighted by molar-refractivity contribution is 0.0924. The number of nitrogens with one attached hydrogen (secondary N) is 1. The molecule has 0 aliphatic heterocycles. The first-order chi connectivity index (χ1) is 7.95. The number of hydrogen-bond acceptors (Lipinski definition) is 2. The van der Waals surface area contributed by atoms with Crippen LogP contribution in [-0.2, 0) is 0 Å². The Balaban J connectivity index is 2.82. The molecule has 0 saturated carbocycles. The topological polar surface area (TPSA) is 42.0 Å². The molecule has 0 aliphatic rings. The Kier molecular flexibility index (Phi) is 4.94. The van der Waals surface area contributed by atoms with Gasteiger partial charge in [-0.25, -0.2) is 0 Å². The van der Waals surface area contributed by atoms with E-state index < -0.39 is 0 Å². The summed E-state index contributed by atoms with van der Waals surface area (Å²) in [7, 11) is 0. The van der Waals surface area contributed by atoms with Crippen LogP contribution in [0.1, 0.15) is 43.2 Å². The number of halogens is 1. The molecule has 4 heteroatoms. The van der Waals surface area contributed by atoms with E-state index in [0.29, 0.717) is 16.5 Å². The highest BCUT2D eigenvalue weighted by atomic mass is 35.5. The van der Waals surface area contributed by atoms with Crippen molar-refractivity contribution in [1.82, 2.24) is 10.3 Å². The lowest BCUT2D eigenvalue weighted by atomic mass is 10.0. The summed E-state index contributed by atoms with van der Waals surface area (Å²) in [5.74, 6) is 0.254. The molecule has 1 aromatic rings. The van der Waals surface area contributed by atoms with Crippen molar-refractivity contribution in [2.24, 2.45) is 5.92 Å². The summed E-state index contributed by atoms with van der Waals surface area (Å²) < 4.78 is 0. The predicted molar refractivity (Wildman–Crippen MR) is 70.4 cm³/mol. The Bertz CT molecular complexity index is 404. The fraction of sp³-hybridized carbons (Fsp3) is 0.538. The van der Waals surface area contributed by atoms with Crippen molar-refractivity contribution < 1.29 is 4.79 Å². The van der Waals surface area contributed by atoms with E-state index in [9.17, 15) is 4.79 Å². The van der Waals surface area contributed by atoms with Gasteiger partial charge in [-0.3, -0.25) is 9.78 Å². The van der Waals surface area contributed by atoms with Gasteiger partial charge in [-0.2, -0.15) is 0 Å². The zero-order valence-electron chi connectivity index (χ0n) is 10.7. The summed E-state index contributed by atoms with van der Waals surface area (Å²) in [4.78, 5) is 16.1. The first-order valence-electron chi connectivity index (χ1n) is 5.88. The average molecular weight is 255 g/mol. The number of pyridine rings is 1. The van der Waals surface area contributed by atoms with Crippen LogP contribution in [0.15, 0.2) is 12.3 Å². The highest BCUT2D eigenvalue weighted by Crippen LogP contribution is 2.16. The average Bonchev–Trinajstić information content (AvgIpc) is 2.24. The Morgan fingerprint density at radius 3 is 2.65 bits per heavy atom. The zero-order valence-corrected chi connectivity index (χ0v) is 11.5. The second kappa shape index (κ2) is 6.01. The molecule has 1 unspecified atom stereocenters. The molecule has 94 valence electrons. The van der Waals surface area contributed by atoms with E-state index in [1.165, 1.54) is 6.20 Å². The van der Waals surface area contributed by atoms with Crippen molar-refractivity contribution >= 4 is 17.5 Å². The Labute approximate surface area is 108 Å². The molecule has 0 fully saturated rings. The largest absolute Gasteiger partial charge is 0.349 e. The van der Waals surface area contributed by atoms with Crippen LogP contribution in [0.4, 0.5) is 0 Å². The Morgan fingerprint density at radius 1 is 1.53 bits per heavy atom. The maximum Gasteiger partial charge on any atom is 0.254 e. The summed E-state index contributed by atoms with van der Waals surface area (Å²) in [6.45, 7) is 8.07. The summed E-state index contributed by atoms with van der Waals surface area (Å²) >= 11 is 6.03. The second-order valence-electron chi connectivity index (χ2n) is 4.54. The van der Waals surface area contributed by atoms with E-state index >= 15 is 0 Å². The fourth-order valence-electron chi connectivity index (χ4n) is 1.68. The van der Waals surface area contributed by atoms with Gasteiger partial charge in [-0.15, -0.1) is 0 Å². The molecule has 1 N–H and O–H groups in total. The molecule has 0 saturated heterocycles. The minimum absolute atomic E-state index is 0.150. The van der Waals surface area contributed by atoms with Gasteiger partial charge in [-0.05, 0) is 25.3 Å². The molecule has 1 heterocycles. The van der Waals surface area contributed by atoms with Gasteiger partial charge in [-0.1, -0.05) is 32.4 Å². The quantitative estimate of drug-likeness (QED) is 0.897. The summed E-state index contributed by atoms with van der Waals surface area (Å²) in [6, 6.07) is 1.87. The number of aryl methyl sites for hydroxylation is 1. The third-order valence-corrected chi connectivity index (χ3v) is 3.11. The predicted octanol–water partition coefficient (Wildman–Crippen LogP) is 3.21. The van der Waals surface area contributed by atoms with Gasteiger partial charge in [0.1, 0.15) is 0 Å². The van der Waals surface area contributed by atoms with E-state index in [4.69, 9.17) is 11.6 Å². The smallest absolute Gasteiger partial charge is 0.254 e. The van der Waals surface area contributed by atoms with Gasteiger partial charge in [0, 0.05) is 17.9 Å². The monoisotopic (exact) mass is 254 g/mol. The van der Waals surface area contributed by atoms with Crippen molar-refractivity contribution in [3.63, 3.8) is 0 Å². The maximum absolute atomic E-state index is 12.0. The van der Waals surface area contributed by atoms with Crippen LogP contribution in [0.25, 0.3) is 0 Å². The van der Waals surface area contributed by atoms with E-state index in [1.807, 2.05) is 6.92 Å². The maximum atomic E-state index is 12.0. The highest BCUT2D eigenvalue weighted by molar-refractivity contribution is 6.33. The first-order valence-corrected chi connectivity index (χ1v) is 6.26. The molecule has 1 atom stereocenters. The van der Waals surface area contributed by atoms with Crippen molar-refractivity contribution in [2.75, 3.05) is 0 Å². The molecule has 1 aromatic heterocycles. The molecule has 1 rings (SSSR count). The highest BCUT2D eigenvalue weighted by Gasteiger charge is 2.17. The van der Waals surface area contributed by atoms with Gasteiger partial charge in [0.15, 0.2) is 0 Å². The van der Waals surface area contributed by atoms with Crippen LogP contribution in [-0.4, -0.2) is 16.9 Å². The molecule has 3 nitrogen and oxygen atoms in total. The van der Waals surface area contributed by atoms with Crippen molar-refractivity contribution in [1.29, 1.82) is 0 Å². The molecular formula is C13H19ClN2O. The van der Waals surface area contributed by atoms with Gasteiger partial charge in [0.25, 0.3) is 5.91 Å². The summed E-state index contributed by atoms with van der Waals surface area (Å²) in [5, 5.41) is 3.43. The number of carbonyl (C=O) groups is 1. The molecule has 0 bridgehead atoms. The van der Waals surface area contributed by atoms with Gasteiger partial charge < -0.3 is 5.32 Å². The van der Waals surface area contributed by atoms with Crippen LogP contribution in [0, 0.1) is 12.8 Å². The molecular weight excluding hydrogens is 236 g/mol. The van der Waals surface area contributed by atoms with Crippen LogP contribution in [0.5, 0.6) is 0 Å². The van der Waals surface area contributed by atoms with Crippen molar-refractivity contribution in [2.45, 2.75) is 40.2 Å². The molecule has 0 aliphatic carbocycles. The number of rotatable bonds is 4. The number of carbonyl (C=O) groups excluding carboxylic acids is 1. The number of nitrogens with zero attached hydrogens (tertiary/aromatic N) is 1. The van der Waals surface area contributed by atoms with Crippen LogP contribution >= 0.6 is 11.6 Å². The normalized spacial score (nSPS) is 12.6. The SMILES string of the molecule is CCC(NC(=O)c1cnc(C)cc1Cl)C(C)C. The zero-order chi connectivity index (χ0) is 13.0. The van der Waals surface area contributed by atoms with Gasteiger partial charge in [0.05, 0.1) is 10.6 Å².